The lowest BCUT2D eigenvalue weighted by atomic mass is 10.0. The molecule has 7 heteroatoms. The molecule has 4 rings (SSSR count). The largest absolute Gasteiger partial charge is 0.369 e. The summed E-state index contributed by atoms with van der Waals surface area (Å²) in [5.74, 6) is 0.195. The van der Waals surface area contributed by atoms with Gasteiger partial charge in [-0.2, -0.15) is 5.10 Å². The summed E-state index contributed by atoms with van der Waals surface area (Å²) >= 11 is 0. The number of hydrogen-bond acceptors (Lipinski definition) is 5. The smallest absolute Gasteiger partial charge is 0.131 e. The predicted molar refractivity (Wildman–Crippen MR) is 153 cm³/mol. The maximum atomic E-state index is 13.9. The molecule has 6 nitrogen and oxygen atoms in total. The van der Waals surface area contributed by atoms with Gasteiger partial charge in [-0.25, -0.2) is 4.39 Å². The van der Waals surface area contributed by atoms with Crippen LogP contribution in [0.5, 0.6) is 0 Å². The SMILES string of the molecule is CCCC(C)=O.CCCc1c(N2CCNCC2)ccnc1C.CCCc1cc2cn(C)nc2c(C)c1F. The average Bonchev–Trinajstić information content (AvgIpc) is 3.25. The van der Waals surface area contributed by atoms with E-state index in [9.17, 15) is 9.18 Å². The maximum absolute atomic E-state index is 13.9. The number of anilines is 1. The Morgan fingerprint density at radius 1 is 1.08 bits per heavy atom. The van der Waals surface area contributed by atoms with Crippen LogP contribution in [0.1, 0.15) is 75.8 Å². The minimum atomic E-state index is -0.0944. The second kappa shape index (κ2) is 15.5. The van der Waals surface area contributed by atoms with Crippen molar-refractivity contribution >= 4 is 22.4 Å². The van der Waals surface area contributed by atoms with Gasteiger partial charge in [0.15, 0.2) is 0 Å². The number of pyridine rings is 1. The Morgan fingerprint density at radius 2 is 1.76 bits per heavy atom. The minimum Gasteiger partial charge on any atom is -0.369 e. The van der Waals surface area contributed by atoms with Gasteiger partial charge in [0, 0.05) is 74.4 Å². The Bertz CT molecular complexity index is 1130. The molecule has 1 aliphatic rings. The lowest BCUT2D eigenvalue weighted by Crippen LogP contribution is -2.44. The average molecular weight is 512 g/mol. The molecule has 1 aromatic carbocycles. The molecular weight excluding hydrogens is 465 g/mol. The van der Waals surface area contributed by atoms with Crippen LogP contribution in [0.15, 0.2) is 24.5 Å². The first kappa shape index (κ1) is 30.4. The number of carbonyl (C=O) groups is 1. The number of benzene rings is 1. The van der Waals surface area contributed by atoms with Gasteiger partial charge in [-0.3, -0.25) is 9.67 Å². The van der Waals surface area contributed by atoms with Crippen LogP contribution in [0.25, 0.3) is 10.9 Å². The van der Waals surface area contributed by atoms with Crippen molar-refractivity contribution in [1.82, 2.24) is 20.1 Å². The third kappa shape index (κ3) is 8.92. The monoisotopic (exact) mass is 511 g/mol. The molecular formula is C30H46FN5O. The highest BCUT2D eigenvalue weighted by Crippen LogP contribution is 2.25. The Kier molecular flexibility index (Phi) is 12.7. The van der Waals surface area contributed by atoms with Crippen LogP contribution in [0.2, 0.25) is 0 Å². The number of aromatic nitrogens is 3. The van der Waals surface area contributed by atoms with E-state index < -0.39 is 0 Å². The van der Waals surface area contributed by atoms with Gasteiger partial charge in [-0.15, -0.1) is 0 Å². The molecule has 204 valence electrons. The normalized spacial score (nSPS) is 13.0. The topological polar surface area (TPSA) is 63.1 Å². The Labute approximate surface area is 222 Å². The Morgan fingerprint density at radius 3 is 2.32 bits per heavy atom. The van der Waals surface area contributed by atoms with Crippen LogP contribution < -0.4 is 10.2 Å². The van der Waals surface area contributed by atoms with Crippen LogP contribution in [-0.4, -0.2) is 46.7 Å². The maximum Gasteiger partial charge on any atom is 0.131 e. The van der Waals surface area contributed by atoms with Crippen LogP contribution in [0.3, 0.4) is 0 Å². The number of aryl methyl sites for hydroxylation is 4. The Balaban J connectivity index is 0.000000215. The number of rotatable bonds is 7. The fraction of sp³-hybridized carbons (Fsp3) is 0.567. The highest BCUT2D eigenvalue weighted by atomic mass is 19.1. The quantitative estimate of drug-likeness (QED) is 0.415. The van der Waals surface area contributed by atoms with Gasteiger partial charge in [-0.1, -0.05) is 33.6 Å². The van der Waals surface area contributed by atoms with Gasteiger partial charge < -0.3 is 15.0 Å². The lowest BCUT2D eigenvalue weighted by Gasteiger charge is -2.31. The molecule has 0 bridgehead atoms. The van der Waals surface area contributed by atoms with E-state index in [1.54, 1.807) is 18.5 Å². The summed E-state index contributed by atoms with van der Waals surface area (Å²) in [5, 5.41) is 8.67. The number of carbonyl (C=O) groups excluding carboxylic acids is 1. The number of ketones is 1. The van der Waals surface area contributed by atoms with Crippen molar-refractivity contribution < 1.29 is 9.18 Å². The molecule has 0 atom stereocenters. The van der Waals surface area contributed by atoms with Crippen molar-refractivity contribution in [2.24, 2.45) is 7.05 Å². The Hall–Kier alpha value is -2.80. The van der Waals surface area contributed by atoms with Gasteiger partial charge in [0.25, 0.3) is 0 Å². The van der Waals surface area contributed by atoms with E-state index in [1.165, 1.54) is 23.4 Å². The number of hydrogen-bond donors (Lipinski definition) is 1. The number of Topliss-reactive ketones (excluding diaryl/α,β-unsaturated/α-hetero) is 1. The summed E-state index contributed by atoms with van der Waals surface area (Å²) in [6, 6.07) is 4.08. The van der Waals surface area contributed by atoms with Crippen LogP contribution in [0.4, 0.5) is 10.1 Å². The number of piperazine rings is 1. The molecule has 1 N–H and O–H groups in total. The molecule has 1 fully saturated rings. The van der Waals surface area contributed by atoms with Gasteiger partial charge in [0.2, 0.25) is 0 Å². The molecule has 2 aromatic heterocycles. The van der Waals surface area contributed by atoms with Gasteiger partial charge in [-0.05, 0) is 63.3 Å². The zero-order chi connectivity index (χ0) is 27.4. The van der Waals surface area contributed by atoms with Crippen molar-refractivity contribution in [2.75, 3.05) is 31.1 Å². The summed E-state index contributed by atoms with van der Waals surface area (Å²) in [7, 11) is 1.86. The van der Waals surface area contributed by atoms with E-state index in [0.29, 0.717) is 5.56 Å². The predicted octanol–water partition coefficient (Wildman–Crippen LogP) is 6.10. The fourth-order valence-electron chi connectivity index (χ4n) is 4.65. The second-order valence-electron chi connectivity index (χ2n) is 9.80. The van der Waals surface area contributed by atoms with Gasteiger partial charge >= 0.3 is 0 Å². The first-order valence-electron chi connectivity index (χ1n) is 13.7. The van der Waals surface area contributed by atoms with Crippen LogP contribution in [0, 0.1) is 19.7 Å². The van der Waals surface area contributed by atoms with Gasteiger partial charge in [0.05, 0.1) is 5.52 Å². The van der Waals surface area contributed by atoms with Crippen LogP contribution in [-0.2, 0) is 24.7 Å². The van der Waals surface area contributed by atoms with E-state index in [2.05, 4.69) is 47.1 Å². The standard InChI is InChI=1S/C13H21N3.C12H15FN2.C5H10O/c1-3-4-12-11(2)15-6-5-13(12)16-9-7-14-8-10-16;1-4-5-9-6-10-7-15(3)14-12(10)8(2)11(9)13;1-3-4-5(2)6/h5-6,14H,3-4,7-10H2,1-2H3;6-7H,4-5H2,1-3H3;3-4H2,1-2H3. The molecule has 1 saturated heterocycles. The molecule has 0 unspecified atom stereocenters. The molecule has 3 aromatic rings. The second-order valence-corrected chi connectivity index (χ2v) is 9.80. The molecule has 0 saturated carbocycles. The third-order valence-corrected chi connectivity index (χ3v) is 6.48. The number of halogens is 1. The zero-order valence-corrected chi connectivity index (χ0v) is 24.0. The zero-order valence-electron chi connectivity index (χ0n) is 24.0. The van der Waals surface area contributed by atoms with E-state index in [-0.39, 0.29) is 11.6 Å². The van der Waals surface area contributed by atoms with Crippen molar-refractivity contribution in [3.05, 3.63) is 52.7 Å². The summed E-state index contributed by atoms with van der Waals surface area (Å²) < 4.78 is 15.6. The van der Waals surface area contributed by atoms with Crippen molar-refractivity contribution in [1.29, 1.82) is 0 Å². The molecule has 37 heavy (non-hydrogen) atoms. The highest BCUT2D eigenvalue weighted by molar-refractivity contribution is 5.82. The summed E-state index contributed by atoms with van der Waals surface area (Å²) in [6.07, 6.45) is 9.66. The van der Waals surface area contributed by atoms with E-state index in [0.717, 1.165) is 74.7 Å². The minimum absolute atomic E-state index is 0.0944. The molecule has 0 aliphatic carbocycles. The number of fused-ring (bicyclic) bond motifs is 1. The highest BCUT2D eigenvalue weighted by Gasteiger charge is 2.15. The summed E-state index contributed by atoms with van der Waals surface area (Å²) in [6.45, 7) is 16.2. The molecule has 3 heterocycles. The number of nitrogens with one attached hydrogen (secondary N) is 1. The summed E-state index contributed by atoms with van der Waals surface area (Å²) in [5.41, 5.74) is 6.27. The van der Waals surface area contributed by atoms with Crippen LogP contribution >= 0.6 is 0 Å². The first-order valence-corrected chi connectivity index (χ1v) is 13.7. The van der Waals surface area contributed by atoms with Gasteiger partial charge in [0.1, 0.15) is 11.6 Å². The molecule has 1 aliphatic heterocycles. The molecule has 0 amide bonds. The number of nitrogens with zero attached hydrogens (tertiary/aromatic N) is 4. The van der Waals surface area contributed by atoms with E-state index in [4.69, 9.17) is 0 Å². The fourth-order valence-corrected chi connectivity index (χ4v) is 4.65. The summed E-state index contributed by atoms with van der Waals surface area (Å²) in [4.78, 5) is 16.9. The molecule has 0 spiro atoms. The third-order valence-electron chi connectivity index (χ3n) is 6.48. The first-order chi connectivity index (χ1) is 17.7. The van der Waals surface area contributed by atoms with E-state index in [1.807, 2.05) is 32.4 Å². The lowest BCUT2D eigenvalue weighted by molar-refractivity contribution is -0.117. The van der Waals surface area contributed by atoms with Crippen molar-refractivity contribution in [3.8, 4) is 0 Å². The van der Waals surface area contributed by atoms with Crippen molar-refractivity contribution in [3.63, 3.8) is 0 Å². The van der Waals surface area contributed by atoms with E-state index >= 15 is 0 Å². The van der Waals surface area contributed by atoms with Crippen molar-refractivity contribution in [2.45, 2.75) is 80.1 Å². The molecule has 0 radical (unpaired) electrons.